The molecule has 0 aromatic carbocycles. The smallest absolute Gasteiger partial charge is 0.407 e. The second-order valence-electron chi connectivity index (χ2n) is 7.63. The predicted molar refractivity (Wildman–Crippen MR) is 119 cm³/mol. The van der Waals surface area contributed by atoms with Gasteiger partial charge in [-0.3, -0.25) is 0 Å². The number of hydrogen-bond donors (Lipinski definition) is 1. The van der Waals surface area contributed by atoms with E-state index in [0.29, 0.717) is 12.8 Å². The maximum Gasteiger partial charge on any atom is 0.407 e. The lowest BCUT2D eigenvalue weighted by Crippen LogP contribution is -2.38. The van der Waals surface area contributed by atoms with Crippen molar-refractivity contribution in [2.75, 3.05) is 0 Å². The van der Waals surface area contributed by atoms with Crippen LogP contribution in [0.5, 0.6) is 0 Å². The molecule has 0 saturated carbocycles. The standard InChI is InChI=1S/C20H21BrN4O2S2/c1-11(23-19(26)27-20(2,3)4)8-14-16(21)17-18(29-14)13(24-15(10-22)25-17)9-12-6-5-7-28-12/h5-7,11H,8-9H2,1-4H3,(H,23,26)/t11-/m0/s1. The molecule has 0 radical (unpaired) electrons. The van der Waals surface area contributed by atoms with Crippen LogP contribution in [-0.2, 0) is 17.6 Å². The van der Waals surface area contributed by atoms with E-state index in [4.69, 9.17) is 4.74 Å². The molecule has 6 nitrogen and oxygen atoms in total. The lowest BCUT2D eigenvalue weighted by atomic mass is 10.2. The van der Waals surface area contributed by atoms with Crippen LogP contribution in [0.3, 0.4) is 0 Å². The molecule has 29 heavy (non-hydrogen) atoms. The Morgan fingerprint density at radius 2 is 2.17 bits per heavy atom. The average Bonchev–Trinajstić information content (AvgIpc) is 3.22. The molecule has 3 heterocycles. The summed E-state index contributed by atoms with van der Waals surface area (Å²) < 4.78 is 7.14. The van der Waals surface area contributed by atoms with Crippen LogP contribution in [0.15, 0.2) is 22.0 Å². The zero-order valence-electron chi connectivity index (χ0n) is 16.6. The number of ether oxygens (including phenoxy) is 1. The lowest BCUT2D eigenvalue weighted by Gasteiger charge is -2.21. The molecule has 9 heteroatoms. The van der Waals surface area contributed by atoms with Gasteiger partial charge in [-0.05, 0) is 55.1 Å². The third-order valence-corrected chi connectivity index (χ3v) is 7.13. The minimum absolute atomic E-state index is 0.127. The first kappa shape index (κ1) is 21.7. The molecule has 0 bridgehead atoms. The number of halogens is 1. The van der Waals surface area contributed by atoms with E-state index in [0.717, 1.165) is 25.3 Å². The van der Waals surface area contributed by atoms with Gasteiger partial charge in [-0.15, -0.1) is 22.7 Å². The highest BCUT2D eigenvalue weighted by Crippen LogP contribution is 2.37. The highest BCUT2D eigenvalue weighted by atomic mass is 79.9. The Kier molecular flexibility index (Phi) is 6.56. The molecule has 3 rings (SSSR count). The number of rotatable bonds is 5. The summed E-state index contributed by atoms with van der Waals surface area (Å²) in [6, 6.07) is 5.99. The largest absolute Gasteiger partial charge is 0.444 e. The minimum atomic E-state index is -0.540. The van der Waals surface area contributed by atoms with Gasteiger partial charge in [0, 0.05) is 28.6 Å². The number of hydrogen-bond acceptors (Lipinski definition) is 7. The molecule has 0 unspecified atom stereocenters. The molecule has 0 spiro atoms. The first-order valence-corrected chi connectivity index (χ1v) is 11.5. The summed E-state index contributed by atoms with van der Waals surface area (Å²) in [5.41, 5.74) is 1.05. The fourth-order valence-electron chi connectivity index (χ4n) is 2.77. The summed E-state index contributed by atoms with van der Waals surface area (Å²) in [6.07, 6.45) is 0.831. The fraction of sp³-hybridized carbons (Fsp3) is 0.400. The number of aromatic nitrogens is 2. The van der Waals surface area contributed by atoms with Crippen LogP contribution in [0, 0.1) is 11.3 Å². The van der Waals surface area contributed by atoms with Crippen molar-refractivity contribution in [2.24, 2.45) is 0 Å². The maximum absolute atomic E-state index is 12.0. The van der Waals surface area contributed by atoms with Gasteiger partial charge in [0.05, 0.1) is 14.9 Å². The van der Waals surface area contributed by atoms with E-state index in [1.807, 2.05) is 39.1 Å². The van der Waals surface area contributed by atoms with Crippen molar-refractivity contribution in [2.45, 2.75) is 52.2 Å². The van der Waals surface area contributed by atoms with Gasteiger partial charge in [-0.2, -0.15) is 5.26 Å². The van der Waals surface area contributed by atoms with Gasteiger partial charge in [0.25, 0.3) is 0 Å². The van der Waals surface area contributed by atoms with Crippen molar-refractivity contribution >= 4 is 54.9 Å². The van der Waals surface area contributed by atoms with E-state index in [-0.39, 0.29) is 11.9 Å². The Hall–Kier alpha value is -2.02. The average molecular weight is 493 g/mol. The van der Waals surface area contributed by atoms with E-state index < -0.39 is 11.7 Å². The zero-order valence-corrected chi connectivity index (χ0v) is 19.8. The third kappa shape index (κ3) is 5.53. The summed E-state index contributed by atoms with van der Waals surface area (Å²) in [5, 5.41) is 14.2. The minimum Gasteiger partial charge on any atom is -0.444 e. The quantitative estimate of drug-likeness (QED) is 0.512. The number of thiophene rings is 2. The number of fused-ring (bicyclic) bond motifs is 1. The third-order valence-electron chi connectivity index (χ3n) is 3.89. The number of nitrogens with one attached hydrogen (secondary N) is 1. The van der Waals surface area contributed by atoms with E-state index in [2.05, 4.69) is 43.4 Å². The summed E-state index contributed by atoms with van der Waals surface area (Å²) in [7, 11) is 0. The number of alkyl carbamates (subject to hydrolysis) is 1. The monoisotopic (exact) mass is 492 g/mol. The van der Waals surface area contributed by atoms with Crippen molar-refractivity contribution < 1.29 is 9.53 Å². The number of nitrogens with zero attached hydrogens (tertiary/aromatic N) is 3. The normalized spacial score (nSPS) is 12.6. The first-order chi connectivity index (χ1) is 13.7. The van der Waals surface area contributed by atoms with Gasteiger partial charge >= 0.3 is 6.09 Å². The fourth-order valence-corrected chi connectivity index (χ4v) is 5.55. The van der Waals surface area contributed by atoms with E-state index in [1.54, 1.807) is 22.7 Å². The van der Waals surface area contributed by atoms with Crippen LogP contribution < -0.4 is 5.32 Å². The molecule has 1 N–H and O–H groups in total. The molecule has 1 atom stereocenters. The number of amides is 1. The van der Waals surface area contributed by atoms with Crippen LogP contribution in [0.2, 0.25) is 0 Å². The van der Waals surface area contributed by atoms with E-state index in [9.17, 15) is 10.1 Å². The van der Waals surface area contributed by atoms with Crippen LogP contribution >= 0.6 is 38.6 Å². The van der Waals surface area contributed by atoms with E-state index in [1.165, 1.54) is 4.88 Å². The molecule has 0 aliphatic carbocycles. The molecule has 3 aromatic heterocycles. The van der Waals surface area contributed by atoms with Crippen molar-refractivity contribution in [3.8, 4) is 6.07 Å². The van der Waals surface area contributed by atoms with E-state index >= 15 is 0 Å². The molecule has 0 fully saturated rings. The van der Waals surface area contributed by atoms with Gasteiger partial charge in [0.1, 0.15) is 17.2 Å². The van der Waals surface area contributed by atoms with Crippen molar-refractivity contribution in [3.05, 3.63) is 43.3 Å². The highest BCUT2D eigenvalue weighted by molar-refractivity contribution is 9.10. The zero-order chi connectivity index (χ0) is 21.2. The molecular formula is C20H21BrN4O2S2. The van der Waals surface area contributed by atoms with Crippen molar-refractivity contribution in [1.29, 1.82) is 5.26 Å². The summed E-state index contributed by atoms with van der Waals surface area (Å²) in [4.78, 5) is 23.1. The Balaban J connectivity index is 1.87. The summed E-state index contributed by atoms with van der Waals surface area (Å²) >= 11 is 6.89. The Bertz CT molecular complexity index is 1070. The molecule has 0 aliphatic rings. The topological polar surface area (TPSA) is 87.9 Å². The molecule has 0 saturated heterocycles. The number of nitriles is 1. The van der Waals surface area contributed by atoms with Gasteiger partial charge < -0.3 is 10.1 Å². The molecular weight excluding hydrogens is 472 g/mol. The molecule has 3 aromatic rings. The van der Waals surface area contributed by atoms with Gasteiger partial charge in [0.2, 0.25) is 5.82 Å². The molecule has 0 aliphatic heterocycles. The Morgan fingerprint density at radius 3 is 2.79 bits per heavy atom. The van der Waals surface area contributed by atoms with Crippen molar-refractivity contribution in [1.82, 2.24) is 15.3 Å². The van der Waals surface area contributed by atoms with Gasteiger partial charge in [-0.25, -0.2) is 14.8 Å². The maximum atomic E-state index is 12.0. The highest BCUT2D eigenvalue weighted by Gasteiger charge is 2.21. The van der Waals surface area contributed by atoms with Crippen molar-refractivity contribution in [3.63, 3.8) is 0 Å². The van der Waals surface area contributed by atoms with Crippen LogP contribution in [-0.4, -0.2) is 27.7 Å². The Morgan fingerprint density at radius 1 is 1.41 bits per heavy atom. The SMILES string of the molecule is C[C@@H](Cc1sc2c(Cc3cccs3)nc(C#N)nc2c1Br)NC(=O)OC(C)(C)C. The van der Waals surface area contributed by atoms with Crippen LogP contribution in [0.4, 0.5) is 4.79 Å². The van der Waals surface area contributed by atoms with Crippen LogP contribution in [0.25, 0.3) is 10.2 Å². The number of carbonyl (C=O) groups excluding carboxylic acids is 1. The second-order valence-corrected chi connectivity index (χ2v) is 10.6. The van der Waals surface area contributed by atoms with Gasteiger partial charge in [-0.1, -0.05) is 6.07 Å². The second kappa shape index (κ2) is 8.78. The first-order valence-electron chi connectivity index (χ1n) is 9.06. The number of carbonyl (C=O) groups is 1. The van der Waals surface area contributed by atoms with Crippen LogP contribution in [0.1, 0.15) is 49.0 Å². The predicted octanol–water partition coefficient (Wildman–Crippen LogP) is 5.43. The Labute approximate surface area is 186 Å². The van der Waals surface area contributed by atoms with Gasteiger partial charge in [0.15, 0.2) is 0 Å². The summed E-state index contributed by atoms with van der Waals surface area (Å²) in [6.45, 7) is 7.43. The summed E-state index contributed by atoms with van der Waals surface area (Å²) in [5.74, 6) is 0.161. The molecule has 152 valence electrons. The lowest BCUT2D eigenvalue weighted by molar-refractivity contribution is 0.0508. The molecule has 1 amide bonds.